The fourth-order valence-corrected chi connectivity index (χ4v) is 3.00. The van der Waals surface area contributed by atoms with Gasteiger partial charge in [0, 0.05) is 23.0 Å². The van der Waals surface area contributed by atoms with Gasteiger partial charge in [0.2, 0.25) is 5.91 Å². The molecule has 1 fully saturated rings. The van der Waals surface area contributed by atoms with Gasteiger partial charge in [-0.3, -0.25) is 4.79 Å². The number of hydrogen-bond donors (Lipinski definition) is 2. The maximum Gasteiger partial charge on any atom is 0.220 e. The number of halogens is 1. The lowest BCUT2D eigenvalue weighted by molar-refractivity contribution is -0.122. The van der Waals surface area contributed by atoms with Gasteiger partial charge in [-0.1, -0.05) is 34.1 Å². The van der Waals surface area contributed by atoms with E-state index in [0.29, 0.717) is 18.5 Å². The zero-order valence-electron chi connectivity index (χ0n) is 11.1. The Morgan fingerprint density at radius 3 is 2.63 bits per heavy atom. The van der Waals surface area contributed by atoms with Gasteiger partial charge in [0.15, 0.2) is 0 Å². The van der Waals surface area contributed by atoms with Crippen LogP contribution in [0.4, 0.5) is 0 Å². The summed E-state index contributed by atoms with van der Waals surface area (Å²) in [7, 11) is 0. The minimum atomic E-state index is 0.149. The number of nitrogens with two attached hydrogens (primary N) is 1. The van der Waals surface area contributed by atoms with Crippen LogP contribution in [0.3, 0.4) is 0 Å². The molecule has 0 unspecified atom stereocenters. The molecule has 1 aromatic carbocycles. The summed E-state index contributed by atoms with van der Waals surface area (Å²) in [6, 6.07) is 8.70. The van der Waals surface area contributed by atoms with E-state index in [9.17, 15) is 4.79 Å². The van der Waals surface area contributed by atoms with Gasteiger partial charge in [-0.15, -0.1) is 0 Å². The summed E-state index contributed by atoms with van der Waals surface area (Å²) in [5.41, 5.74) is 7.04. The van der Waals surface area contributed by atoms with Crippen molar-refractivity contribution in [1.82, 2.24) is 5.32 Å². The van der Waals surface area contributed by atoms with Crippen LogP contribution < -0.4 is 11.1 Å². The molecule has 0 spiro atoms. The molecule has 0 bridgehead atoms. The van der Waals surface area contributed by atoms with Gasteiger partial charge in [-0.05, 0) is 43.7 Å². The first-order valence-electron chi connectivity index (χ1n) is 6.93. The summed E-state index contributed by atoms with van der Waals surface area (Å²) < 4.78 is 1.08. The summed E-state index contributed by atoms with van der Waals surface area (Å²) in [5, 5.41) is 3.12. The Balaban J connectivity index is 1.74. The van der Waals surface area contributed by atoms with Gasteiger partial charge in [0.25, 0.3) is 0 Å². The molecule has 0 aromatic heterocycles. The first kappa shape index (κ1) is 14.5. The maximum atomic E-state index is 11.9. The van der Waals surface area contributed by atoms with Crippen LogP contribution in [0.1, 0.15) is 37.7 Å². The molecule has 0 saturated heterocycles. The summed E-state index contributed by atoms with van der Waals surface area (Å²) in [5.74, 6) is 0.149. The van der Waals surface area contributed by atoms with Gasteiger partial charge >= 0.3 is 0 Å². The lowest BCUT2D eigenvalue weighted by atomic mass is 9.92. The largest absolute Gasteiger partial charge is 0.353 e. The second-order valence-corrected chi connectivity index (χ2v) is 6.12. The van der Waals surface area contributed by atoms with Gasteiger partial charge < -0.3 is 11.1 Å². The lowest BCUT2D eigenvalue weighted by Crippen LogP contribution is -2.40. The van der Waals surface area contributed by atoms with Crippen LogP contribution in [-0.4, -0.2) is 18.0 Å². The highest BCUT2D eigenvalue weighted by Gasteiger charge is 2.19. The number of nitrogens with one attached hydrogen (secondary N) is 1. The third kappa shape index (κ3) is 4.62. The molecule has 1 saturated carbocycles. The van der Waals surface area contributed by atoms with E-state index >= 15 is 0 Å². The minimum Gasteiger partial charge on any atom is -0.353 e. The van der Waals surface area contributed by atoms with Gasteiger partial charge in [-0.25, -0.2) is 0 Å². The van der Waals surface area contributed by atoms with Crippen molar-refractivity contribution in [2.24, 2.45) is 5.73 Å². The van der Waals surface area contributed by atoms with Crippen molar-refractivity contribution in [1.29, 1.82) is 0 Å². The first-order valence-corrected chi connectivity index (χ1v) is 7.73. The van der Waals surface area contributed by atoms with Crippen LogP contribution in [0, 0.1) is 0 Å². The van der Waals surface area contributed by atoms with Crippen LogP contribution in [0.25, 0.3) is 0 Å². The van der Waals surface area contributed by atoms with Crippen molar-refractivity contribution < 1.29 is 4.79 Å². The Morgan fingerprint density at radius 1 is 1.26 bits per heavy atom. The molecule has 1 aliphatic carbocycles. The van der Waals surface area contributed by atoms with Crippen LogP contribution in [0.15, 0.2) is 28.7 Å². The van der Waals surface area contributed by atoms with Gasteiger partial charge in [0.05, 0.1) is 0 Å². The third-order valence-corrected chi connectivity index (χ3v) is 4.49. The molecule has 1 amide bonds. The molecule has 2 rings (SSSR count). The summed E-state index contributed by atoms with van der Waals surface area (Å²) in [4.78, 5) is 11.9. The van der Waals surface area contributed by atoms with Crippen molar-refractivity contribution >= 4 is 21.8 Å². The number of aryl methyl sites for hydroxylation is 1. The standard InChI is InChI=1S/C15H21BrN2O/c16-14-4-2-1-3-11(14)5-10-15(19)18-13-8-6-12(17)7-9-13/h1-4,12-13H,5-10,17H2,(H,18,19). The molecule has 1 aromatic rings. The second-order valence-electron chi connectivity index (χ2n) is 5.27. The Bertz CT molecular complexity index is 428. The van der Waals surface area contributed by atoms with E-state index in [1.165, 1.54) is 5.56 Å². The summed E-state index contributed by atoms with van der Waals surface area (Å²) in [6.45, 7) is 0. The Labute approximate surface area is 123 Å². The maximum absolute atomic E-state index is 11.9. The van der Waals surface area contributed by atoms with E-state index in [2.05, 4.69) is 27.3 Å². The van der Waals surface area contributed by atoms with Crippen molar-refractivity contribution in [3.63, 3.8) is 0 Å². The fraction of sp³-hybridized carbons (Fsp3) is 0.533. The first-order chi connectivity index (χ1) is 9.15. The third-order valence-electron chi connectivity index (χ3n) is 3.72. The highest BCUT2D eigenvalue weighted by molar-refractivity contribution is 9.10. The quantitative estimate of drug-likeness (QED) is 0.894. The average Bonchev–Trinajstić information content (AvgIpc) is 2.40. The number of carbonyl (C=O) groups excluding carboxylic acids is 1. The summed E-state index contributed by atoms with van der Waals surface area (Å²) in [6.07, 6.45) is 5.40. The number of amides is 1. The van der Waals surface area contributed by atoms with Crippen molar-refractivity contribution in [2.75, 3.05) is 0 Å². The average molecular weight is 325 g/mol. The van der Waals surface area contributed by atoms with E-state index < -0.39 is 0 Å². The molecule has 3 N–H and O–H groups in total. The van der Waals surface area contributed by atoms with E-state index in [1.807, 2.05) is 18.2 Å². The van der Waals surface area contributed by atoms with E-state index in [4.69, 9.17) is 5.73 Å². The van der Waals surface area contributed by atoms with Crippen LogP contribution in [-0.2, 0) is 11.2 Å². The number of carbonyl (C=O) groups is 1. The van der Waals surface area contributed by atoms with Gasteiger partial charge in [0.1, 0.15) is 0 Å². The topological polar surface area (TPSA) is 55.1 Å². The highest BCUT2D eigenvalue weighted by atomic mass is 79.9. The molecule has 0 heterocycles. The Morgan fingerprint density at radius 2 is 1.95 bits per heavy atom. The highest BCUT2D eigenvalue weighted by Crippen LogP contribution is 2.19. The van der Waals surface area contributed by atoms with E-state index in [1.54, 1.807) is 0 Å². The van der Waals surface area contributed by atoms with Gasteiger partial charge in [-0.2, -0.15) is 0 Å². The van der Waals surface area contributed by atoms with Crippen LogP contribution in [0.5, 0.6) is 0 Å². The second kappa shape index (κ2) is 7.06. The van der Waals surface area contributed by atoms with Crippen LogP contribution in [0.2, 0.25) is 0 Å². The normalized spacial score (nSPS) is 23.1. The molecule has 0 aliphatic heterocycles. The zero-order valence-corrected chi connectivity index (χ0v) is 12.7. The number of rotatable bonds is 4. The molecule has 4 heteroatoms. The number of hydrogen-bond acceptors (Lipinski definition) is 2. The Kier molecular flexibility index (Phi) is 5.40. The predicted molar refractivity (Wildman–Crippen MR) is 80.8 cm³/mol. The predicted octanol–water partition coefficient (Wildman–Crippen LogP) is 2.77. The smallest absolute Gasteiger partial charge is 0.220 e. The molecule has 0 radical (unpaired) electrons. The van der Waals surface area contributed by atoms with Crippen molar-refractivity contribution in [3.8, 4) is 0 Å². The Hall–Kier alpha value is -0.870. The lowest BCUT2D eigenvalue weighted by Gasteiger charge is -2.26. The SMILES string of the molecule is NC1CCC(NC(=O)CCc2ccccc2Br)CC1. The number of benzene rings is 1. The van der Waals surface area contributed by atoms with E-state index in [-0.39, 0.29) is 5.91 Å². The minimum absolute atomic E-state index is 0.149. The molecular weight excluding hydrogens is 304 g/mol. The molecule has 104 valence electrons. The molecule has 3 nitrogen and oxygen atoms in total. The summed E-state index contributed by atoms with van der Waals surface area (Å²) >= 11 is 3.51. The monoisotopic (exact) mass is 324 g/mol. The molecule has 1 aliphatic rings. The van der Waals surface area contributed by atoms with E-state index in [0.717, 1.165) is 36.6 Å². The molecule has 19 heavy (non-hydrogen) atoms. The molecular formula is C15H21BrN2O. The fourth-order valence-electron chi connectivity index (χ4n) is 2.51. The molecule has 0 atom stereocenters. The zero-order chi connectivity index (χ0) is 13.7. The van der Waals surface area contributed by atoms with Crippen molar-refractivity contribution in [3.05, 3.63) is 34.3 Å². The van der Waals surface area contributed by atoms with Crippen molar-refractivity contribution in [2.45, 2.75) is 50.6 Å². The van der Waals surface area contributed by atoms with Crippen LogP contribution >= 0.6 is 15.9 Å².